The molecule has 0 bridgehead atoms. The molecule has 3 aromatic carbocycles. The highest BCUT2D eigenvalue weighted by Gasteiger charge is 2.45. The Bertz CT molecular complexity index is 985. The van der Waals surface area contributed by atoms with Crippen molar-refractivity contribution in [3.05, 3.63) is 108 Å². The van der Waals surface area contributed by atoms with Crippen molar-refractivity contribution in [2.45, 2.75) is 63.9 Å². The Kier molecular flexibility index (Phi) is 10.5. The lowest BCUT2D eigenvalue weighted by Gasteiger charge is -2.48. The summed E-state index contributed by atoms with van der Waals surface area (Å²) >= 11 is 0. The first-order chi connectivity index (χ1) is 17.8. The monoisotopic (exact) mass is 489 g/mol. The van der Waals surface area contributed by atoms with E-state index in [2.05, 4.69) is 48.2 Å². The van der Waals surface area contributed by atoms with Crippen LogP contribution in [0, 0.1) is 0 Å². The zero-order valence-electron chi connectivity index (χ0n) is 21.2. The molecule has 1 aliphatic rings. The molecule has 5 nitrogen and oxygen atoms in total. The largest absolute Gasteiger partial charge is 0.395 e. The number of benzene rings is 3. The molecule has 0 aromatic heterocycles. The third-order valence-electron chi connectivity index (χ3n) is 6.82. The van der Waals surface area contributed by atoms with Crippen molar-refractivity contribution in [2.24, 2.45) is 0 Å². The van der Waals surface area contributed by atoms with Crippen molar-refractivity contribution in [3.63, 3.8) is 0 Å². The molecule has 192 valence electrons. The van der Waals surface area contributed by atoms with E-state index in [9.17, 15) is 5.11 Å². The molecule has 3 aromatic rings. The molecule has 1 heterocycles. The molecule has 0 amide bonds. The van der Waals surface area contributed by atoms with E-state index in [1.165, 1.54) is 0 Å². The predicted octanol–water partition coefficient (Wildman–Crippen LogP) is 5.22. The summed E-state index contributed by atoms with van der Waals surface area (Å²) in [6.07, 6.45) is 1.32. The van der Waals surface area contributed by atoms with Crippen LogP contribution in [-0.4, -0.2) is 54.1 Å². The van der Waals surface area contributed by atoms with Crippen molar-refractivity contribution >= 4 is 0 Å². The van der Waals surface area contributed by atoms with Crippen LogP contribution in [0.3, 0.4) is 0 Å². The van der Waals surface area contributed by atoms with Gasteiger partial charge in [-0.25, -0.2) is 0 Å². The quantitative estimate of drug-likeness (QED) is 0.357. The number of likely N-dealkylation sites (tertiary alicyclic amines) is 1. The number of piperidine rings is 1. The maximum atomic E-state index is 10.5. The van der Waals surface area contributed by atoms with Crippen molar-refractivity contribution in [2.75, 3.05) is 19.7 Å². The van der Waals surface area contributed by atoms with Crippen LogP contribution in [0.2, 0.25) is 0 Å². The van der Waals surface area contributed by atoms with Gasteiger partial charge in [-0.3, -0.25) is 4.90 Å². The van der Waals surface area contributed by atoms with Crippen LogP contribution in [-0.2, 0) is 34.0 Å². The summed E-state index contributed by atoms with van der Waals surface area (Å²) in [5, 5.41) is 10.5. The van der Waals surface area contributed by atoms with Gasteiger partial charge in [-0.1, -0.05) is 104 Å². The highest BCUT2D eigenvalue weighted by Crippen LogP contribution is 2.29. The summed E-state index contributed by atoms with van der Waals surface area (Å²) in [6.45, 7) is 5.23. The first kappa shape index (κ1) is 26.5. The second kappa shape index (κ2) is 14.3. The van der Waals surface area contributed by atoms with Gasteiger partial charge >= 0.3 is 0 Å². The zero-order valence-corrected chi connectivity index (χ0v) is 21.2. The number of hydrogen-bond donors (Lipinski definition) is 1. The van der Waals surface area contributed by atoms with E-state index in [1.54, 1.807) is 0 Å². The minimum Gasteiger partial charge on any atom is -0.395 e. The highest BCUT2D eigenvalue weighted by atomic mass is 16.6. The van der Waals surface area contributed by atoms with Crippen molar-refractivity contribution in [1.82, 2.24) is 4.90 Å². The van der Waals surface area contributed by atoms with Gasteiger partial charge in [0.1, 0.15) is 12.2 Å². The number of aliphatic hydroxyl groups excluding tert-OH is 1. The van der Waals surface area contributed by atoms with Crippen LogP contribution in [0.15, 0.2) is 91.0 Å². The van der Waals surface area contributed by atoms with Crippen LogP contribution < -0.4 is 0 Å². The summed E-state index contributed by atoms with van der Waals surface area (Å²) in [5.74, 6) is 0. The Hall–Kier alpha value is -2.54. The van der Waals surface area contributed by atoms with Gasteiger partial charge in [0.15, 0.2) is 0 Å². The summed E-state index contributed by atoms with van der Waals surface area (Å²) in [4.78, 5) is 2.33. The van der Waals surface area contributed by atoms with Crippen molar-refractivity contribution in [3.8, 4) is 0 Å². The van der Waals surface area contributed by atoms with E-state index in [0.717, 1.165) is 36.1 Å². The fourth-order valence-electron chi connectivity index (χ4n) is 4.81. The van der Waals surface area contributed by atoms with E-state index in [-0.39, 0.29) is 31.0 Å². The molecule has 2 unspecified atom stereocenters. The van der Waals surface area contributed by atoms with Crippen LogP contribution in [0.5, 0.6) is 0 Å². The predicted molar refractivity (Wildman–Crippen MR) is 142 cm³/mol. The van der Waals surface area contributed by atoms with Crippen LogP contribution >= 0.6 is 0 Å². The lowest BCUT2D eigenvalue weighted by Crippen LogP contribution is -2.64. The second-order valence-electron chi connectivity index (χ2n) is 9.46. The molecule has 0 spiro atoms. The summed E-state index contributed by atoms with van der Waals surface area (Å²) < 4.78 is 19.7. The van der Waals surface area contributed by atoms with Gasteiger partial charge in [0.05, 0.1) is 38.6 Å². The lowest BCUT2D eigenvalue weighted by molar-refractivity contribution is -0.208. The molecule has 4 rings (SSSR count). The summed E-state index contributed by atoms with van der Waals surface area (Å²) in [5.41, 5.74) is 3.34. The van der Waals surface area contributed by atoms with Gasteiger partial charge in [0.2, 0.25) is 0 Å². The fraction of sp³-hybridized carbons (Fsp3) is 0.419. The highest BCUT2D eigenvalue weighted by molar-refractivity contribution is 5.16. The number of nitrogens with zero attached hydrogens (tertiary/aromatic N) is 1. The van der Waals surface area contributed by atoms with Crippen molar-refractivity contribution < 1.29 is 19.3 Å². The molecule has 5 heteroatoms. The average molecular weight is 490 g/mol. The summed E-state index contributed by atoms with van der Waals surface area (Å²) in [7, 11) is 0. The molecule has 1 N–H and O–H groups in total. The van der Waals surface area contributed by atoms with Gasteiger partial charge in [-0.05, 0) is 29.7 Å². The number of aliphatic hydroxyl groups is 1. The smallest absolute Gasteiger partial charge is 0.113 e. The first-order valence-electron chi connectivity index (χ1n) is 13.1. The maximum absolute atomic E-state index is 10.5. The standard InChI is InChI=1S/C31H39NO4/c1-2-3-19-32-20-29(34-22-25-13-7-4-8-14-25)31(36-24-27-17-11-6-12-18-27)30(28(32)21-33)35-23-26-15-9-5-10-16-26/h4-18,28-31,33H,2-3,19-24H2,1H3/t28?,29-,30+,31?/m0/s1. The minimum atomic E-state index is -0.328. The third-order valence-corrected chi connectivity index (χ3v) is 6.82. The molecular formula is C31H39NO4. The van der Waals surface area contributed by atoms with Gasteiger partial charge < -0.3 is 19.3 Å². The number of hydrogen-bond acceptors (Lipinski definition) is 5. The zero-order chi connectivity index (χ0) is 25.0. The van der Waals surface area contributed by atoms with Gasteiger partial charge in [-0.2, -0.15) is 0 Å². The van der Waals surface area contributed by atoms with Crippen LogP contribution in [0.4, 0.5) is 0 Å². The Morgan fingerprint density at radius 3 is 1.64 bits per heavy atom. The lowest BCUT2D eigenvalue weighted by atomic mass is 9.92. The first-order valence-corrected chi connectivity index (χ1v) is 13.1. The van der Waals surface area contributed by atoms with E-state index in [0.29, 0.717) is 26.4 Å². The maximum Gasteiger partial charge on any atom is 0.113 e. The third kappa shape index (κ3) is 7.48. The normalized spacial score (nSPS) is 22.5. The number of rotatable bonds is 13. The molecular weight excluding hydrogens is 450 g/mol. The van der Waals surface area contributed by atoms with E-state index < -0.39 is 0 Å². The second-order valence-corrected chi connectivity index (χ2v) is 9.46. The molecule has 1 fully saturated rings. The van der Waals surface area contributed by atoms with Gasteiger partial charge in [-0.15, -0.1) is 0 Å². The average Bonchev–Trinajstić information content (AvgIpc) is 2.94. The molecule has 1 aliphatic heterocycles. The van der Waals surface area contributed by atoms with E-state index in [4.69, 9.17) is 14.2 Å². The Labute approximate surface area is 215 Å². The topological polar surface area (TPSA) is 51.2 Å². The molecule has 0 saturated carbocycles. The molecule has 4 atom stereocenters. The molecule has 1 saturated heterocycles. The number of unbranched alkanes of at least 4 members (excludes halogenated alkanes) is 1. The van der Waals surface area contributed by atoms with Crippen molar-refractivity contribution in [1.29, 1.82) is 0 Å². The van der Waals surface area contributed by atoms with Gasteiger partial charge in [0, 0.05) is 6.54 Å². The number of ether oxygens (including phenoxy) is 3. The SMILES string of the molecule is CCCCN1C[C@H](OCc2ccccc2)C(OCc2ccccc2)[C@H](OCc2ccccc2)C1CO. The van der Waals surface area contributed by atoms with E-state index >= 15 is 0 Å². The van der Waals surface area contributed by atoms with Gasteiger partial charge in [0.25, 0.3) is 0 Å². The van der Waals surface area contributed by atoms with Crippen LogP contribution in [0.1, 0.15) is 36.5 Å². The Balaban J connectivity index is 1.57. The molecule has 0 aliphatic carbocycles. The minimum absolute atomic E-state index is 0.0137. The fourth-order valence-corrected chi connectivity index (χ4v) is 4.81. The molecule has 36 heavy (non-hydrogen) atoms. The Morgan fingerprint density at radius 2 is 1.17 bits per heavy atom. The van der Waals surface area contributed by atoms with Crippen LogP contribution in [0.25, 0.3) is 0 Å². The summed E-state index contributed by atoms with van der Waals surface area (Å²) in [6, 6.07) is 30.5. The van der Waals surface area contributed by atoms with E-state index in [1.807, 2.05) is 54.6 Å². The Morgan fingerprint density at radius 1 is 0.694 bits per heavy atom. The molecule has 0 radical (unpaired) electrons.